The Bertz CT molecular complexity index is 3290. The van der Waals surface area contributed by atoms with Crippen LogP contribution in [0.1, 0.15) is 93.1 Å². The summed E-state index contributed by atoms with van der Waals surface area (Å²) in [6.45, 7) is -2.54. The Morgan fingerprint density at radius 1 is 0.596 bits per heavy atom. The molecule has 0 fully saturated rings. The van der Waals surface area contributed by atoms with Gasteiger partial charge in [-0.2, -0.15) is 4.98 Å². The first-order chi connectivity index (χ1) is 46.8. The number of aromatic amines is 1. The maximum Gasteiger partial charge on any atom is 0.327 e. The molecule has 0 bridgehead atoms. The Kier molecular flexibility index (Phi) is 36.9. The highest BCUT2D eigenvalue weighted by Crippen LogP contribution is 2.19. The zero-order valence-corrected chi connectivity index (χ0v) is 54.7. The number of hydrogen-bond donors (Lipinski definition) is 25. The maximum absolute atomic E-state index is 14.4. The first-order valence-electron chi connectivity index (χ1n) is 30.3. The number of primary amides is 1. The fourth-order valence-electron chi connectivity index (χ4n) is 8.95. The number of nitrogens with two attached hydrogens (primary N) is 2. The molecule has 0 saturated heterocycles. The Morgan fingerprint density at radius 3 is 1.65 bits per heavy atom. The molecule has 1 aromatic carbocycles. The van der Waals surface area contributed by atoms with E-state index in [0.29, 0.717) is 11.4 Å². The van der Waals surface area contributed by atoms with E-state index in [1.54, 1.807) is 6.26 Å². The van der Waals surface area contributed by atoms with Crippen molar-refractivity contribution in [1.29, 1.82) is 0 Å². The molecule has 41 nitrogen and oxygen atoms in total. The van der Waals surface area contributed by atoms with Crippen molar-refractivity contribution in [2.75, 3.05) is 49.4 Å². The Morgan fingerprint density at radius 2 is 1.12 bits per heavy atom. The number of aliphatic hydroxyl groups is 8. The van der Waals surface area contributed by atoms with Gasteiger partial charge >= 0.3 is 23.9 Å². The number of carbonyl (C=O) groups excluding carboxylic acids is 8. The van der Waals surface area contributed by atoms with Gasteiger partial charge in [0, 0.05) is 68.2 Å². The van der Waals surface area contributed by atoms with E-state index >= 15 is 0 Å². The predicted octanol–water partition coefficient (Wildman–Crippen LogP) is -8.33. The van der Waals surface area contributed by atoms with Gasteiger partial charge < -0.3 is 115 Å². The minimum atomic E-state index is -2.15. The number of aliphatic carboxylic acids is 4. The number of hydrogen-bond acceptors (Lipinski definition) is 30. The van der Waals surface area contributed by atoms with Crippen LogP contribution in [0.3, 0.4) is 0 Å². The van der Waals surface area contributed by atoms with E-state index < -0.39 is 253 Å². The van der Waals surface area contributed by atoms with Crippen molar-refractivity contribution in [3.63, 3.8) is 0 Å². The van der Waals surface area contributed by atoms with Gasteiger partial charge in [-0.1, -0.05) is 21.6 Å². The molecule has 27 N–H and O–H groups in total. The lowest BCUT2D eigenvalue weighted by molar-refractivity contribution is -0.142. The van der Waals surface area contributed by atoms with E-state index in [1.165, 1.54) is 30.5 Å². The van der Waals surface area contributed by atoms with E-state index in [-0.39, 0.29) is 41.5 Å². The number of H-pyrrole nitrogens is 1. The molecule has 0 aliphatic heterocycles. The van der Waals surface area contributed by atoms with Crippen molar-refractivity contribution >= 4 is 116 Å². The molecule has 2 heterocycles. The Balaban J connectivity index is 1.91. The summed E-state index contributed by atoms with van der Waals surface area (Å²) in [5.74, 6) is -15.3. The van der Waals surface area contributed by atoms with Gasteiger partial charge in [0.1, 0.15) is 61.0 Å². The summed E-state index contributed by atoms with van der Waals surface area (Å²) in [5.41, 5.74) is 11.1. The molecule has 550 valence electrons. The topological polar surface area (TPSA) is 691 Å². The number of aliphatic hydroxyl groups excluding tert-OH is 8. The van der Waals surface area contributed by atoms with Crippen LogP contribution < -0.4 is 70.2 Å². The van der Waals surface area contributed by atoms with Gasteiger partial charge in [0.25, 0.3) is 11.5 Å². The van der Waals surface area contributed by atoms with Crippen molar-refractivity contribution < 1.29 is 119 Å². The summed E-state index contributed by atoms with van der Waals surface area (Å²) in [7, 11) is 2.19. The fraction of sp³-hybridized carbons (Fsp3) is 0.571. The molecule has 2 unspecified atom stereocenters. The smallest absolute Gasteiger partial charge is 0.327 e. The van der Waals surface area contributed by atoms with Crippen molar-refractivity contribution in [3.05, 3.63) is 52.1 Å². The minimum Gasteiger partial charge on any atom is -0.481 e. The summed E-state index contributed by atoms with van der Waals surface area (Å²) >= 11 is 0. The van der Waals surface area contributed by atoms with Crippen molar-refractivity contribution in [2.24, 2.45) is 5.73 Å². The lowest BCUT2D eigenvalue weighted by Crippen LogP contribution is -2.60. The van der Waals surface area contributed by atoms with Gasteiger partial charge in [-0.15, -0.1) is 0 Å². The lowest BCUT2D eigenvalue weighted by Gasteiger charge is -2.31. The van der Waals surface area contributed by atoms with Crippen LogP contribution in [0.4, 0.5) is 11.6 Å². The second-order valence-corrected chi connectivity index (χ2v) is 24.6. The van der Waals surface area contributed by atoms with E-state index in [2.05, 4.69) is 73.1 Å². The first-order valence-corrected chi connectivity index (χ1v) is 33.1. The number of nitrogens with one attached hydrogen (secondary N) is 11. The summed E-state index contributed by atoms with van der Waals surface area (Å²) in [6.07, 6.45) is -17.1. The number of carboxylic acids is 4. The van der Waals surface area contributed by atoms with Gasteiger partial charge in [0.15, 0.2) is 11.2 Å². The lowest BCUT2D eigenvalue weighted by atomic mass is 10.0. The normalized spacial score (nSPS) is 15.2. The van der Waals surface area contributed by atoms with E-state index in [0.717, 1.165) is 21.6 Å². The summed E-state index contributed by atoms with van der Waals surface area (Å²) in [4.78, 5) is 183. The highest BCUT2D eigenvalue weighted by molar-refractivity contribution is 8.76. The van der Waals surface area contributed by atoms with Crippen LogP contribution in [0.2, 0.25) is 0 Å². The molecule has 0 spiro atoms. The van der Waals surface area contributed by atoms with Gasteiger partial charge in [-0.25, -0.2) is 19.6 Å². The number of carboxylic acid groups (broad SMARTS) is 4. The van der Waals surface area contributed by atoms with Crippen LogP contribution in [-0.2, 0) is 59.3 Å². The van der Waals surface area contributed by atoms with Crippen LogP contribution in [0, 0.1) is 0 Å². The molecule has 0 radical (unpaired) electrons. The van der Waals surface area contributed by atoms with Gasteiger partial charge in [-0.3, -0.25) is 68.4 Å². The molecule has 8 amide bonds. The molecule has 0 aliphatic rings. The zero-order chi connectivity index (χ0) is 74.1. The molecule has 2 aromatic heterocycles. The average molecular weight is 1450 g/mol. The van der Waals surface area contributed by atoms with Crippen LogP contribution in [0.15, 0.2) is 35.3 Å². The molecule has 0 aliphatic carbocycles. The van der Waals surface area contributed by atoms with Crippen molar-refractivity contribution in [1.82, 2.24) is 67.8 Å². The van der Waals surface area contributed by atoms with Crippen molar-refractivity contribution in [2.45, 2.75) is 163 Å². The van der Waals surface area contributed by atoms with Crippen LogP contribution >= 0.6 is 21.6 Å². The van der Waals surface area contributed by atoms with Crippen LogP contribution in [0.5, 0.6) is 0 Å². The summed E-state index contributed by atoms with van der Waals surface area (Å²) in [5, 5.41) is 145. The molecule has 43 heteroatoms. The minimum absolute atomic E-state index is 0.00260. The Hall–Kier alpha value is -9.02. The number of nitrogens with zero attached hydrogens (tertiary/aromatic N) is 3. The summed E-state index contributed by atoms with van der Waals surface area (Å²) in [6, 6.07) is -6.80. The third-order valence-corrected chi connectivity index (χ3v) is 16.2. The van der Waals surface area contributed by atoms with Gasteiger partial charge in [0.2, 0.25) is 47.3 Å². The molecular weight excluding hydrogens is 1360 g/mol. The highest BCUT2D eigenvalue weighted by atomic mass is 33.1. The monoisotopic (exact) mass is 1440 g/mol. The molecular formula is C56H84N16O25S2. The Labute approximate surface area is 570 Å². The second-order valence-electron chi connectivity index (χ2n) is 22.0. The first kappa shape index (κ1) is 84.2. The molecule has 3 aromatic rings. The van der Waals surface area contributed by atoms with Crippen molar-refractivity contribution in [3.8, 4) is 0 Å². The highest BCUT2D eigenvalue weighted by Gasteiger charge is 2.36. The molecule has 0 saturated carbocycles. The fourth-order valence-corrected chi connectivity index (χ4v) is 10.3. The van der Waals surface area contributed by atoms with Gasteiger partial charge in [0.05, 0.1) is 43.8 Å². The van der Waals surface area contributed by atoms with Crippen LogP contribution in [-0.4, -0.2) is 270 Å². The number of aromatic nitrogens is 4. The largest absolute Gasteiger partial charge is 0.481 e. The molecule has 13 atom stereocenters. The molecule has 99 heavy (non-hydrogen) atoms. The number of rotatable bonds is 49. The second kappa shape index (κ2) is 43.4. The number of benzene rings is 1. The quantitative estimate of drug-likeness (QED) is 0.0184. The van der Waals surface area contributed by atoms with E-state index in [9.17, 15) is 113 Å². The number of amides is 8. The third kappa shape index (κ3) is 30.7. The predicted molar refractivity (Wildman–Crippen MR) is 346 cm³/mol. The number of nitrogen functional groups attached to an aromatic ring is 1. The summed E-state index contributed by atoms with van der Waals surface area (Å²) < 4.78 is 0. The average Bonchev–Trinajstić information content (AvgIpc) is 0.816. The number of anilines is 2. The number of carbonyl (C=O) groups is 12. The van der Waals surface area contributed by atoms with Crippen LogP contribution in [0.25, 0.3) is 11.2 Å². The number of fused-ring (bicyclic) bond motifs is 1. The van der Waals surface area contributed by atoms with E-state index in [1.807, 2.05) is 0 Å². The SMILES string of the molecule is CSSC[C@@H](NC(=O)[C@H](CCC(=O)NCCO)NC(=O)[C@@H](CCC(=O)O)NC(=O)[C@H](CCC(=O)NC[C@H](O)[C@@H](O)[C@H](O)[C@H](O)CO)NC(=O)[C@@H](CCC(=O)O)NC(O)[C@H](CCC(N)=O)NC(O)CC[C@@H](NC(=O)c1ccc(NCc2cnc3nc(N)[nH]c(=O)c3n2)cc1)C(=O)O)C(=O)O. The third-order valence-electron chi connectivity index (χ3n) is 14.4. The zero-order valence-electron chi connectivity index (χ0n) is 53.1. The van der Waals surface area contributed by atoms with E-state index in [4.69, 9.17) is 21.7 Å². The molecule has 3 rings (SSSR count). The standard InChI is InChI=1S/C56H84N16O25S2/c1-98-99-24-34(55(96)97)70-52(92)30(7-13-38(78)59-18-19-73)66-51(91)32(11-17-42(83)84)68-49(89)29(8-14-39(79)61-22-35(75)44(85)45(86)36(76)23-74)65-50(90)31(10-16-41(81)82)67-48(88)28(6-12-37(57)77)64-40(80)15-9-33(54(94)95)69-47(87)25-2-4-26(5-3-25)60-20-27-21-62-46-43(63-27)53(93)72-56(58)71-46/h2-5,21,28-36,40,44-45,48,60,64,67,73-76,80,85-86,88H,6-20,22-24H2,1H3,(H2,57,77)(H,59,78)(H,61,79)(H,65,90)(H,66,91)(H,68,89)(H,69,87)(H,70,92)(H,81,82)(H,83,84)(H,94,95)(H,96,97)(H3,58,62,71,72,93)/t28-,29-,30-,31+,32+,33+,34+,35-,36+,40?,44+,45+,48?/m0/s1. The van der Waals surface area contributed by atoms with Gasteiger partial charge in [-0.05, 0) is 75.5 Å². The maximum atomic E-state index is 14.4.